The molecule has 0 aliphatic carbocycles. The number of esters is 1. The van der Waals surface area contributed by atoms with Gasteiger partial charge in [0.2, 0.25) is 5.91 Å². The van der Waals surface area contributed by atoms with Crippen LogP contribution in [0.25, 0.3) is 0 Å². The Morgan fingerprint density at radius 3 is 2.54 bits per heavy atom. The monoisotopic (exact) mass is 370 g/mol. The summed E-state index contributed by atoms with van der Waals surface area (Å²) in [5, 5.41) is 0. The van der Waals surface area contributed by atoms with Gasteiger partial charge in [-0.15, -0.1) is 0 Å². The number of hydrogen-bond donors (Lipinski definition) is 0. The third-order valence-corrected chi connectivity index (χ3v) is 4.79. The summed E-state index contributed by atoms with van der Waals surface area (Å²) in [6.07, 6.45) is -2.63. The highest BCUT2D eigenvalue weighted by Crippen LogP contribution is 2.40. The number of carbonyl (C=O) groups excluding carboxylic acids is 2. The summed E-state index contributed by atoms with van der Waals surface area (Å²) in [7, 11) is 0. The highest BCUT2D eigenvalue weighted by molar-refractivity contribution is 6.02. The fourth-order valence-electron chi connectivity index (χ4n) is 3.50. The third kappa shape index (κ3) is 3.64. The van der Waals surface area contributed by atoms with Gasteiger partial charge in [-0.05, 0) is 38.0 Å². The minimum absolute atomic E-state index is 0.0415. The highest BCUT2D eigenvalue weighted by atomic mass is 19.4. The molecule has 26 heavy (non-hydrogen) atoms. The quantitative estimate of drug-likeness (QED) is 0.764. The van der Waals surface area contributed by atoms with Gasteiger partial charge in [-0.2, -0.15) is 13.2 Å². The zero-order valence-corrected chi connectivity index (χ0v) is 14.5. The number of halogens is 3. The smallest absolute Gasteiger partial charge is 0.416 e. The second-order valence-corrected chi connectivity index (χ2v) is 6.55. The molecule has 0 N–H and O–H groups in total. The number of alkyl halides is 3. The maximum Gasteiger partial charge on any atom is 0.416 e. The van der Waals surface area contributed by atoms with E-state index in [0.717, 1.165) is 38.1 Å². The van der Waals surface area contributed by atoms with Gasteiger partial charge >= 0.3 is 12.1 Å². The molecule has 2 heterocycles. The van der Waals surface area contributed by atoms with Crippen LogP contribution in [0.5, 0.6) is 0 Å². The lowest BCUT2D eigenvalue weighted by Crippen LogP contribution is -2.29. The van der Waals surface area contributed by atoms with E-state index in [-0.39, 0.29) is 31.2 Å². The van der Waals surface area contributed by atoms with Crippen molar-refractivity contribution in [1.29, 1.82) is 0 Å². The van der Waals surface area contributed by atoms with Crippen molar-refractivity contribution in [2.45, 2.75) is 32.4 Å². The summed E-state index contributed by atoms with van der Waals surface area (Å²) in [6, 6.07) is 3.48. The molecule has 0 bridgehead atoms. The molecule has 0 saturated carbocycles. The molecule has 0 spiro atoms. The molecule has 5 nitrogen and oxygen atoms in total. The lowest BCUT2D eigenvalue weighted by molar-refractivity contribution is -0.147. The minimum atomic E-state index is -4.50. The summed E-state index contributed by atoms with van der Waals surface area (Å²) >= 11 is 0. The first-order valence-corrected chi connectivity index (χ1v) is 8.74. The summed E-state index contributed by atoms with van der Waals surface area (Å²) in [5.74, 6) is -1.50. The molecule has 3 rings (SSSR count). The Labute approximate surface area is 149 Å². The van der Waals surface area contributed by atoms with Gasteiger partial charge in [0, 0.05) is 26.1 Å². The first-order valence-electron chi connectivity index (χ1n) is 8.74. The molecule has 1 amide bonds. The van der Waals surface area contributed by atoms with E-state index >= 15 is 0 Å². The van der Waals surface area contributed by atoms with Crippen molar-refractivity contribution in [3.63, 3.8) is 0 Å². The number of anilines is 2. The summed E-state index contributed by atoms with van der Waals surface area (Å²) in [4.78, 5) is 27.7. The van der Waals surface area contributed by atoms with Crippen molar-refractivity contribution in [2.24, 2.45) is 5.92 Å². The predicted molar refractivity (Wildman–Crippen MR) is 90.0 cm³/mol. The molecule has 1 aromatic carbocycles. The first kappa shape index (κ1) is 18.5. The van der Waals surface area contributed by atoms with Crippen molar-refractivity contribution in [3.8, 4) is 0 Å². The van der Waals surface area contributed by atoms with Gasteiger partial charge in [0.1, 0.15) is 0 Å². The van der Waals surface area contributed by atoms with Gasteiger partial charge < -0.3 is 14.5 Å². The second-order valence-electron chi connectivity index (χ2n) is 6.55. The molecule has 2 aliphatic heterocycles. The van der Waals surface area contributed by atoms with E-state index in [1.54, 1.807) is 6.92 Å². The van der Waals surface area contributed by atoms with Crippen LogP contribution in [-0.4, -0.2) is 38.1 Å². The second kappa shape index (κ2) is 7.17. The topological polar surface area (TPSA) is 49.9 Å². The average molecular weight is 370 g/mol. The van der Waals surface area contributed by atoms with Crippen LogP contribution in [-0.2, 0) is 20.5 Å². The molecule has 0 unspecified atom stereocenters. The molecule has 1 aromatic rings. The average Bonchev–Trinajstić information content (AvgIpc) is 3.23. The van der Waals surface area contributed by atoms with Crippen molar-refractivity contribution < 1.29 is 27.5 Å². The van der Waals surface area contributed by atoms with Crippen molar-refractivity contribution in [3.05, 3.63) is 23.8 Å². The number of amides is 1. The predicted octanol–water partition coefficient (Wildman–Crippen LogP) is 3.22. The highest BCUT2D eigenvalue weighted by Gasteiger charge is 2.39. The molecule has 0 radical (unpaired) electrons. The van der Waals surface area contributed by atoms with E-state index < -0.39 is 23.6 Å². The first-order chi connectivity index (χ1) is 12.3. The number of nitrogens with zero attached hydrogens (tertiary/aromatic N) is 2. The lowest BCUT2D eigenvalue weighted by atomic mass is 10.1. The van der Waals surface area contributed by atoms with Crippen LogP contribution in [0.2, 0.25) is 0 Å². The molecule has 2 saturated heterocycles. The number of ether oxygens (including phenoxy) is 1. The Morgan fingerprint density at radius 2 is 1.92 bits per heavy atom. The van der Waals surface area contributed by atoms with Crippen LogP contribution in [0.1, 0.15) is 31.7 Å². The number of hydrogen-bond acceptors (Lipinski definition) is 4. The Hall–Kier alpha value is -2.25. The summed E-state index contributed by atoms with van der Waals surface area (Å²) < 4.78 is 44.5. The van der Waals surface area contributed by atoms with Crippen LogP contribution in [0.3, 0.4) is 0 Å². The van der Waals surface area contributed by atoms with Crippen LogP contribution in [0, 0.1) is 5.92 Å². The molecule has 0 aromatic heterocycles. The molecule has 142 valence electrons. The SMILES string of the molecule is CCOC(=O)[C@@H]1CC(=O)N(c2cc(C(F)(F)F)ccc2N2CCCC2)C1. The zero-order chi connectivity index (χ0) is 18.9. The Kier molecular flexibility index (Phi) is 5.11. The molecular formula is C18H21F3N2O3. The van der Waals surface area contributed by atoms with Crippen molar-refractivity contribution in [1.82, 2.24) is 0 Å². The molecule has 1 atom stereocenters. The standard InChI is InChI=1S/C18H21F3N2O3/c1-2-26-17(25)12-9-16(24)23(11-12)15-10-13(18(19,20)21)5-6-14(15)22-7-3-4-8-22/h5-6,10,12H,2-4,7-9,11H2,1H3/t12-/m1/s1. The van der Waals surface area contributed by atoms with Gasteiger partial charge in [-0.3, -0.25) is 9.59 Å². The van der Waals surface area contributed by atoms with Crippen LogP contribution in [0.15, 0.2) is 18.2 Å². The van der Waals surface area contributed by atoms with E-state index in [0.29, 0.717) is 5.69 Å². The van der Waals surface area contributed by atoms with Crippen LogP contribution in [0.4, 0.5) is 24.5 Å². The minimum Gasteiger partial charge on any atom is -0.466 e. The van der Waals surface area contributed by atoms with Gasteiger partial charge in [0.15, 0.2) is 0 Å². The summed E-state index contributed by atoms with van der Waals surface area (Å²) in [5.41, 5.74) is 0.0229. The van der Waals surface area contributed by atoms with E-state index in [1.807, 2.05) is 4.90 Å². The van der Waals surface area contributed by atoms with E-state index in [4.69, 9.17) is 4.74 Å². The number of carbonyl (C=O) groups is 2. The Balaban J connectivity index is 1.96. The zero-order valence-electron chi connectivity index (χ0n) is 14.5. The maximum absolute atomic E-state index is 13.2. The molecule has 2 fully saturated rings. The van der Waals surface area contributed by atoms with Crippen LogP contribution < -0.4 is 9.80 Å². The normalized spacial score (nSPS) is 20.8. The maximum atomic E-state index is 13.2. The number of benzene rings is 1. The van der Waals surface area contributed by atoms with Gasteiger partial charge in [0.05, 0.1) is 29.5 Å². The Morgan fingerprint density at radius 1 is 1.23 bits per heavy atom. The van der Waals surface area contributed by atoms with Gasteiger partial charge in [-0.25, -0.2) is 0 Å². The lowest BCUT2D eigenvalue weighted by Gasteiger charge is -2.27. The summed E-state index contributed by atoms with van der Waals surface area (Å²) in [6.45, 7) is 3.39. The molecule has 8 heteroatoms. The largest absolute Gasteiger partial charge is 0.466 e. The van der Waals surface area contributed by atoms with E-state index in [2.05, 4.69) is 0 Å². The van der Waals surface area contributed by atoms with E-state index in [9.17, 15) is 22.8 Å². The fourth-order valence-corrected chi connectivity index (χ4v) is 3.50. The van der Waals surface area contributed by atoms with Crippen LogP contribution >= 0.6 is 0 Å². The van der Waals surface area contributed by atoms with E-state index in [1.165, 1.54) is 11.0 Å². The molecule has 2 aliphatic rings. The van der Waals surface area contributed by atoms with Gasteiger partial charge in [-0.1, -0.05) is 0 Å². The fraction of sp³-hybridized carbons (Fsp3) is 0.556. The van der Waals surface area contributed by atoms with Crippen molar-refractivity contribution in [2.75, 3.05) is 36.0 Å². The molecular weight excluding hydrogens is 349 g/mol. The Bertz CT molecular complexity index is 699. The van der Waals surface area contributed by atoms with Gasteiger partial charge in [0.25, 0.3) is 0 Å². The third-order valence-electron chi connectivity index (χ3n) is 4.79. The number of rotatable bonds is 4. The van der Waals surface area contributed by atoms with Crippen molar-refractivity contribution >= 4 is 23.3 Å².